The van der Waals surface area contributed by atoms with Crippen molar-refractivity contribution in [2.24, 2.45) is 5.73 Å². The van der Waals surface area contributed by atoms with Crippen LogP contribution in [-0.2, 0) is 6.54 Å². The molecule has 0 aliphatic heterocycles. The number of aromatic carboxylic acids is 1. The van der Waals surface area contributed by atoms with Gasteiger partial charge in [0.05, 0.1) is 17.8 Å². The van der Waals surface area contributed by atoms with E-state index in [1.54, 1.807) is 0 Å². The van der Waals surface area contributed by atoms with Gasteiger partial charge in [0, 0.05) is 6.54 Å². The molecule has 0 radical (unpaired) electrons. The van der Waals surface area contributed by atoms with Crippen molar-refractivity contribution in [1.82, 2.24) is 15.0 Å². The Balaban J connectivity index is 2.37. The molecule has 1 fully saturated rings. The lowest BCUT2D eigenvalue weighted by Crippen LogP contribution is -2.23. The lowest BCUT2D eigenvalue weighted by molar-refractivity contribution is 0.0688. The van der Waals surface area contributed by atoms with E-state index in [0.717, 1.165) is 12.8 Å². The molecule has 1 aromatic rings. The first-order chi connectivity index (χ1) is 7.65. The molecule has 1 saturated carbocycles. The van der Waals surface area contributed by atoms with Crippen molar-refractivity contribution >= 4 is 5.97 Å². The van der Waals surface area contributed by atoms with Crippen molar-refractivity contribution in [3.05, 3.63) is 11.4 Å². The van der Waals surface area contributed by atoms with Gasteiger partial charge in [0.2, 0.25) is 0 Å². The third-order valence-corrected chi connectivity index (χ3v) is 2.94. The van der Waals surface area contributed by atoms with Crippen molar-refractivity contribution < 1.29 is 15.0 Å². The zero-order chi connectivity index (χ0) is 11.7. The number of carbonyl (C=O) groups is 1. The second-order valence-corrected chi connectivity index (χ2v) is 3.90. The van der Waals surface area contributed by atoms with E-state index >= 15 is 0 Å². The molecular formula is C9H14N4O3. The van der Waals surface area contributed by atoms with E-state index in [1.165, 1.54) is 4.68 Å². The van der Waals surface area contributed by atoms with Gasteiger partial charge in [-0.2, -0.15) is 0 Å². The molecule has 2 unspecified atom stereocenters. The average molecular weight is 226 g/mol. The lowest BCUT2D eigenvalue weighted by Gasteiger charge is -2.16. The predicted octanol–water partition coefficient (Wildman–Crippen LogP) is -0.479. The van der Waals surface area contributed by atoms with Crippen LogP contribution in [0.2, 0.25) is 0 Å². The summed E-state index contributed by atoms with van der Waals surface area (Å²) in [5, 5.41) is 26.0. The van der Waals surface area contributed by atoms with Crippen LogP contribution in [0.25, 0.3) is 0 Å². The first-order valence-corrected chi connectivity index (χ1v) is 5.20. The summed E-state index contributed by atoms with van der Waals surface area (Å²) in [6.07, 6.45) is 1.89. The number of aromatic nitrogens is 3. The summed E-state index contributed by atoms with van der Waals surface area (Å²) < 4.78 is 1.46. The van der Waals surface area contributed by atoms with Crippen LogP contribution in [0.3, 0.4) is 0 Å². The Morgan fingerprint density at radius 1 is 1.56 bits per heavy atom. The minimum absolute atomic E-state index is 0.0534. The summed E-state index contributed by atoms with van der Waals surface area (Å²) in [4.78, 5) is 10.9. The van der Waals surface area contributed by atoms with E-state index in [0.29, 0.717) is 12.1 Å². The fraction of sp³-hybridized carbons (Fsp3) is 0.667. The molecule has 1 heterocycles. The Morgan fingerprint density at radius 2 is 2.31 bits per heavy atom. The van der Waals surface area contributed by atoms with Crippen LogP contribution < -0.4 is 5.73 Å². The van der Waals surface area contributed by atoms with Crippen LogP contribution >= 0.6 is 0 Å². The van der Waals surface area contributed by atoms with E-state index in [2.05, 4.69) is 10.3 Å². The molecule has 2 atom stereocenters. The average Bonchev–Trinajstić information content (AvgIpc) is 2.82. The van der Waals surface area contributed by atoms with Gasteiger partial charge < -0.3 is 15.9 Å². The van der Waals surface area contributed by atoms with Crippen molar-refractivity contribution in [3.63, 3.8) is 0 Å². The molecule has 4 N–H and O–H groups in total. The van der Waals surface area contributed by atoms with Gasteiger partial charge >= 0.3 is 5.97 Å². The van der Waals surface area contributed by atoms with Crippen LogP contribution in [0.1, 0.15) is 41.5 Å². The largest absolute Gasteiger partial charge is 0.476 e. The summed E-state index contributed by atoms with van der Waals surface area (Å²) in [6.45, 7) is 0.0534. The number of carboxylic acid groups (broad SMARTS) is 1. The fourth-order valence-corrected chi connectivity index (χ4v) is 2.14. The maximum atomic E-state index is 10.9. The first-order valence-electron chi connectivity index (χ1n) is 5.20. The number of nitrogens with two attached hydrogens (primary N) is 1. The molecule has 2 rings (SSSR count). The Morgan fingerprint density at radius 3 is 2.81 bits per heavy atom. The van der Waals surface area contributed by atoms with Gasteiger partial charge in [-0.05, 0) is 19.3 Å². The first kappa shape index (κ1) is 11.0. The van der Waals surface area contributed by atoms with Crippen molar-refractivity contribution in [3.8, 4) is 0 Å². The third kappa shape index (κ3) is 1.68. The highest BCUT2D eigenvalue weighted by atomic mass is 16.4. The summed E-state index contributed by atoms with van der Waals surface area (Å²) >= 11 is 0. The fourth-order valence-electron chi connectivity index (χ4n) is 2.14. The van der Waals surface area contributed by atoms with Gasteiger partial charge in [-0.25, -0.2) is 9.48 Å². The number of aliphatic hydroxyl groups is 1. The van der Waals surface area contributed by atoms with Gasteiger partial charge in [0.1, 0.15) is 0 Å². The Kier molecular flexibility index (Phi) is 2.88. The molecule has 1 aromatic heterocycles. The van der Waals surface area contributed by atoms with Crippen LogP contribution in [0.4, 0.5) is 0 Å². The quantitative estimate of drug-likeness (QED) is 0.641. The second-order valence-electron chi connectivity index (χ2n) is 3.90. The van der Waals surface area contributed by atoms with Gasteiger partial charge in [-0.3, -0.25) is 0 Å². The SMILES string of the molecule is NCc1c(C(=O)O)nnn1C1CCCC1O. The van der Waals surface area contributed by atoms with E-state index in [-0.39, 0.29) is 18.3 Å². The highest BCUT2D eigenvalue weighted by molar-refractivity contribution is 5.86. The lowest BCUT2D eigenvalue weighted by atomic mass is 10.2. The van der Waals surface area contributed by atoms with Crippen molar-refractivity contribution in [2.45, 2.75) is 38.0 Å². The standard InChI is InChI=1S/C9H14N4O3/c10-4-6-8(9(15)16)11-12-13(6)5-2-1-3-7(5)14/h5,7,14H,1-4,10H2,(H,15,16). The predicted molar refractivity (Wildman–Crippen MR) is 53.8 cm³/mol. The summed E-state index contributed by atoms with van der Waals surface area (Å²) in [6, 6.07) is -0.195. The van der Waals surface area contributed by atoms with E-state index in [1.807, 2.05) is 0 Å². The normalized spacial score (nSPS) is 24.9. The number of aliphatic hydroxyl groups excluding tert-OH is 1. The van der Waals surface area contributed by atoms with Crippen LogP contribution in [0, 0.1) is 0 Å². The Hall–Kier alpha value is -1.47. The van der Waals surface area contributed by atoms with Gasteiger partial charge in [-0.1, -0.05) is 5.21 Å². The molecule has 7 nitrogen and oxygen atoms in total. The minimum Gasteiger partial charge on any atom is -0.476 e. The topological polar surface area (TPSA) is 114 Å². The van der Waals surface area contributed by atoms with E-state index in [9.17, 15) is 9.90 Å². The molecule has 0 spiro atoms. The Labute approximate surface area is 91.9 Å². The number of rotatable bonds is 3. The van der Waals surface area contributed by atoms with E-state index < -0.39 is 12.1 Å². The van der Waals surface area contributed by atoms with Gasteiger partial charge in [-0.15, -0.1) is 5.10 Å². The molecular weight excluding hydrogens is 212 g/mol. The summed E-state index contributed by atoms with van der Waals surface area (Å²) in [7, 11) is 0. The zero-order valence-corrected chi connectivity index (χ0v) is 8.70. The van der Waals surface area contributed by atoms with E-state index in [4.69, 9.17) is 10.8 Å². The smallest absolute Gasteiger partial charge is 0.358 e. The number of nitrogens with zero attached hydrogens (tertiary/aromatic N) is 3. The van der Waals surface area contributed by atoms with Gasteiger partial charge in [0.25, 0.3) is 0 Å². The maximum Gasteiger partial charge on any atom is 0.358 e. The van der Waals surface area contributed by atoms with Crippen LogP contribution in [0.15, 0.2) is 0 Å². The highest BCUT2D eigenvalue weighted by Gasteiger charge is 2.31. The zero-order valence-electron chi connectivity index (χ0n) is 8.70. The molecule has 7 heteroatoms. The third-order valence-electron chi connectivity index (χ3n) is 2.94. The molecule has 88 valence electrons. The molecule has 1 aliphatic carbocycles. The monoisotopic (exact) mass is 226 g/mol. The number of hydrogen-bond acceptors (Lipinski definition) is 5. The molecule has 1 aliphatic rings. The summed E-state index contributed by atoms with van der Waals surface area (Å²) in [5.74, 6) is -1.14. The maximum absolute atomic E-state index is 10.9. The minimum atomic E-state index is -1.14. The van der Waals surface area contributed by atoms with Crippen LogP contribution in [0.5, 0.6) is 0 Å². The van der Waals surface area contributed by atoms with Crippen LogP contribution in [-0.4, -0.2) is 37.3 Å². The number of hydrogen-bond donors (Lipinski definition) is 3. The molecule has 0 amide bonds. The summed E-state index contributed by atoms with van der Waals surface area (Å²) in [5.41, 5.74) is 5.75. The highest BCUT2D eigenvalue weighted by Crippen LogP contribution is 2.30. The molecule has 16 heavy (non-hydrogen) atoms. The van der Waals surface area contributed by atoms with Crippen molar-refractivity contribution in [2.75, 3.05) is 0 Å². The second kappa shape index (κ2) is 4.18. The number of carboxylic acids is 1. The molecule has 0 aromatic carbocycles. The Bertz CT molecular complexity index is 403. The molecule has 0 bridgehead atoms. The van der Waals surface area contributed by atoms with Gasteiger partial charge in [0.15, 0.2) is 5.69 Å². The molecule has 0 saturated heterocycles. The van der Waals surface area contributed by atoms with Crippen molar-refractivity contribution in [1.29, 1.82) is 0 Å².